The highest BCUT2D eigenvalue weighted by Gasteiger charge is 2.30. The number of hydrogen-bond donors (Lipinski definition) is 1. The van der Waals surface area contributed by atoms with Crippen molar-refractivity contribution in [1.82, 2.24) is 0 Å². The molecule has 3 rings (SSSR count). The van der Waals surface area contributed by atoms with Crippen molar-refractivity contribution in [1.29, 1.82) is 0 Å². The van der Waals surface area contributed by atoms with E-state index in [1.165, 1.54) is 13.0 Å². The molecular weight excluding hydrogens is 380 g/mol. The number of para-hydroxylation sites is 1. The minimum atomic E-state index is -1.24. The molecule has 2 atom stereocenters. The van der Waals surface area contributed by atoms with Gasteiger partial charge in [0.25, 0.3) is 5.91 Å². The molecule has 2 aromatic carbocycles. The van der Waals surface area contributed by atoms with Crippen LogP contribution in [0.1, 0.15) is 12.5 Å². The van der Waals surface area contributed by atoms with Crippen LogP contribution in [0.5, 0.6) is 5.75 Å². The second-order valence-corrected chi connectivity index (χ2v) is 6.57. The summed E-state index contributed by atoms with van der Waals surface area (Å²) in [6.45, 7) is 1.42. The monoisotopic (exact) mass is 395 g/mol. The number of rotatable bonds is 4. The Labute approximate surface area is 159 Å². The van der Waals surface area contributed by atoms with Gasteiger partial charge in [-0.15, -0.1) is 0 Å². The van der Waals surface area contributed by atoms with Crippen molar-refractivity contribution >= 4 is 29.2 Å². The molecule has 8 heteroatoms. The van der Waals surface area contributed by atoms with E-state index in [-0.39, 0.29) is 6.61 Å². The number of benzene rings is 2. The zero-order valence-electron chi connectivity index (χ0n) is 14.3. The van der Waals surface area contributed by atoms with Crippen molar-refractivity contribution in [3.05, 3.63) is 58.6 Å². The molecule has 0 radical (unpaired) electrons. The van der Waals surface area contributed by atoms with Crippen LogP contribution >= 0.6 is 11.6 Å². The number of nitrogens with one attached hydrogen (secondary N) is 1. The summed E-state index contributed by atoms with van der Waals surface area (Å²) in [4.78, 5) is 24.4. The van der Waals surface area contributed by atoms with Gasteiger partial charge in [-0.2, -0.15) is 0 Å². The minimum Gasteiger partial charge on any atom is -0.492 e. The normalized spacial score (nSPS) is 16.7. The van der Waals surface area contributed by atoms with Gasteiger partial charge in [0, 0.05) is 5.02 Å². The van der Waals surface area contributed by atoms with Crippen molar-refractivity contribution < 1.29 is 27.8 Å². The molecule has 142 valence electrons. The van der Waals surface area contributed by atoms with E-state index in [9.17, 15) is 18.4 Å². The van der Waals surface area contributed by atoms with Gasteiger partial charge in [-0.3, -0.25) is 9.59 Å². The Kier molecular flexibility index (Phi) is 5.60. The predicted molar refractivity (Wildman–Crippen MR) is 94.7 cm³/mol. The van der Waals surface area contributed by atoms with Gasteiger partial charge < -0.3 is 14.8 Å². The van der Waals surface area contributed by atoms with E-state index in [4.69, 9.17) is 21.1 Å². The molecule has 1 aliphatic heterocycles. The summed E-state index contributed by atoms with van der Waals surface area (Å²) in [5.74, 6) is -3.29. The maximum atomic E-state index is 13.6. The van der Waals surface area contributed by atoms with E-state index in [1.54, 1.807) is 18.2 Å². The fourth-order valence-electron chi connectivity index (χ4n) is 2.68. The van der Waals surface area contributed by atoms with Crippen LogP contribution in [0.2, 0.25) is 5.02 Å². The van der Waals surface area contributed by atoms with Gasteiger partial charge in [-0.25, -0.2) is 8.78 Å². The van der Waals surface area contributed by atoms with Gasteiger partial charge in [0.15, 0.2) is 6.10 Å². The lowest BCUT2D eigenvalue weighted by Gasteiger charge is -2.25. The molecule has 0 saturated heterocycles. The number of esters is 1. The van der Waals surface area contributed by atoms with E-state index in [0.29, 0.717) is 17.2 Å². The smallest absolute Gasteiger partial charge is 0.313 e. The number of carbonyl (C=O) groups excluding carboxylic acids is 2. The molecule has 0 aliphatic carbocycles. The van der Waals surface area contributed by atoms with Crippen LogP contribution in [-0.4, -0.2) is 24.6 Å². The number of fused-ring (bicyclic) bond motifs is 1. The first-order valence-electron chi connectivity index (χ1n) is 8.21. The van der Waals surface area contributed by atoms with E-state index in [1.807, 2.05) is 0 Å². The maximum Gasteiger partial charge on any atom is 0.313 e. The van der Waals surface area contributed by atoms with Crippen LogP contribution in [-0.2, 0) is 20.7 Å². The third kappa shape index (κ3) is 4.36. The van der Waals surface area contributed by atoms with E-state index < -0.39 is 41.2 Å². The van der Waals surface area contributed by atoms with Crippen LogP contribution < -0.4 is 10.1 Å². The molecule has 0 aromatic heterocycles. The first-order chi connectivity index (χ1) is 12.8. The van der Waals surface area contributed by atoms with Gasteiger partial charge >= 0.3 is 5.97 Å². The number of hydrogen-bond acceptors (Lipinski definition) is 4. The summed E-state index contributed by atoms with van der Waals surface area (Å²) in [5, 5.41) is 2.61. The van der Waals surface area contributed by atoms with E-state index >= 15 is 0 Å². The van der Waals surface area contributed by atoms with Crippen LogP contribution in [0, 0.1) is 17.6 Å². The van der Waals surface area contributed by atoms with Crippen LogP contribution in [0.15, 0.2) is 36.4 Å². The second-order valence-electron chi connectivity index (χ2n) is 6.13. The Bertz CT molecular complexity index is 870. The standard InChI is InChI=1S/C19H16ClF2NO4/c1-10(18(24)23-17-14(21)3-2-4-15(17)22)27-19(25)12-7-11-8-13(20)5-6-16(11)26-9-12/h2-6,8,10,12H,7,9H2,1H3,(H,23,24)/t10-,12-/m1/s1. The molecule has 0 bridgehead atoms. The summed E-state index contributed by atoms with van der Waals surface area (Å²) >= 11 is 5.95. The molecule has 0 unspecified atom stereocenters. The largest absolute Gasteiger partial charge is 0.492 e. The minimum absolute atomic E-state index is 0.101. The van der Waals surface area contributed by atoms with E-state index in [2.05, 4.69) is 5.32 Å². The number of amides is 1. The van der Waals surface area contributed by atoms with Crippen molar-refractivity contribution in [2.24, 2.45) is 5.92 Å². The van der Waals surface area contributed by atoms with Crippen molar-refractivity contribution in [3.8, 4) is 5.75 Å². The Balaban J connectivity index is 1.61. The first-order valence-corrected chi connectivity index (χ1v) is 8.59. The lowest BCUT2D eigenvalue weighted by Crippen LogP contribution is -2.36. The van der Waals surface area contributed by atoms with Gasteiger partial charge in [0.2, 0.25) is 0 Å². The maximum absolute atomic E-state index is 13.6. The third-order valence-corrected chi connectivity index (χ3v) is 4.37. The zero-order chi connectivity index (χ0) is 19.6. The average Bonchev–Trinajstić information content (AvgIpc) is 2.63. The fourth-order valence-corrected chi connectivity index (χ4v) is 2.88. The highest BCUT2D eigenvalue weighted by molar-refractivity contribution is 6.30. The van der Waals surface area contributed by atoms with Crippen molar-refractivity contribution in [3.63, 3.8) is 0 Å². The lowest BCUT2D eigenvalue weighted by molar-refractivity contribution is -0.158. The molecule has 0 saturated carbocycles. The second kappa shape index (κ2) is 7.92. The molecule has 1 N–H and O–H groups in total. The van der Waals surface area contributed by atoms with Crippen molar-refractivity contribution in [2.45, 2.75) is 19.4 Å². The number of halogens is 3. The number of ether oxygens (including phenoxy) is 2. The highest BCUT2D eigenvalue weighted by atomic mass is 35.5. The van der Waals surface area contributed by atoms with Crippen LogP contribution in [0.25, 0.3) is 0 Å². The summed E-state index contributed by atoms with van der Waals surface area (Å²) < 4.78 is 37.9. The van der Waals surface area contributed by atoms with Gasteiger partial charge in [0.05, 0.1) is 5.92 Å². The highest BCUT2D eigenvalue weighted by Crippen LogP contribution is 2.30. The summed E-state index contributed by atoms with van der Waals surface area (Å²) in [6, 6.07) is 8.31. The molecule has 0 fully saturated rings. The number of anilines is 1. The Morgan fingerprint density at radius 1 is 1.26 bits per heavy atom. The van der Waals surface area contributed by atoms with Crippen LogP contribution in [0.4, 0.5) is 14.5 Å². The Morgan fingerprint density at radius 3 is 2.67 bits per heavy atom. The van der Waals surface area contributed by atoms with Gasteiger partial charge in [0.1, 0.15) is 29.7 Å². The topological polar surface area (TPSA) is 64.6 Å². The molecule has 27 heavy (non-hydrogen) atoms. The Hall–Kier alpha value is -2.67. The quantitative estimate of drug-likeness (QED) is 0.801. The van der Waals surface area contributed by atoms with Crippen molar-refractivity contribution in [2.75, 3.05) is 11.9 Å². The molecule has 1 amide bonds. The molecule has 1 heterocycles. The summed E-state index contributed by atoms with van der Waals surface area (Å²) in [7, 11) is 0. The van der Waals surface area contributed by atoms with E-state index in [0.717, 1.165) is 17.7 Å². The zero-order valence-corrected chi connectivity index (χ0v) is 15.1. The van der Waals surface area contributed by atoms with Gasteiger partial charge in [-0.1, -0.05) is 17.7 Å². The average molecular weight is 396 g/mol. The predicted octanol–water partition coefficient (Wildman–Crippen LogP) is 3.74. The third-order valence-electron chi connectivity index (χ3n) is 4.14. The Morgan fingerprint density at radius 2 is 1.96 bits per heavy atom. The molecule has 1 aliphatic rings. The molecule has 0 spiro atoms. The van der Waals surface area contributed by atoms with Gasteiger partial charge in [-0.05, 0) is 49.2 Å². The summed E-state index contributed by atoms with van der Waals surface area (Å²) in [5.41, 5.74) is 0.177. The first kappa shape index (κ1) is 19.1. The lowest BCUT2D eigenvalue weighted by atomic mass is 9.97. The number of carbonyl (C=O) groups is 2. The molecule has 5 nitrogen and oxygen atoms in total. The molecule has 2 aromatic rings. The fraction of sp³-hybridized carbons (Fsp3) is 0.263. The SMILES string of the molecule is C[C@@H](OC(=O)[C@H]1COc2ccc(Cl)cc2C1)C(=O)Nc1c(F)cccc1F. The molecular formula is C19H16ClF2NO4. The van der Waals surface area contributed by atoms with Crippen LogP contribution in [0.3, 0.4) is 0 Å². The summed E-state index contributed by atoms with van der Waals surface area (Å²) in [6.07, 6.45) is -0.886.